The minimum absolute atomic E-state index is 0.163. The van der Waals surface area contributed by atoms with Crippen molar-refractivity contribution in [2.24, 2.45) is 7.05 Å². The summed E-state index contributed by atoms with van der Waals surface area (Å²) in [6.07, 6.45) is 1.46. The maximum atomic E-state index is 11.8. The molecule has 0 aliphatic carbocycles. The molecule has 0 radical (unpaired) electrons. The molecule has 6 heteroatoms. The average molecular weight is 252 g/mol. The van der Waals surface area contributed by atoms with Crippen LogP contribution in [0.1, 0.15) is 5.56 Å². The van der Waals surface area contributed by atoms with Gasteiger partial charge in [-0.3, -0.25) is 0 Å². The topological polar surface area (TPSA) is 66.1 Å². The van der Waals surface area contributed by atoms with E-state index in [1.807, 2.05) is 13.0 Å². The largest absolute Gasteiger partial charge is 0.775 e. The van der Waals surface area contributed by atoms with Gasteiger partial charge in [-0.05, 0) is 12.5 Å². The zero-order chi connectivity index (χ0) is 12.6. The molecular formula is C11H13N2O3P. The second kappa shape index (κ2) is 4.18. The van der Waals surface area contributed by atoms with Crippen LogP contribution in [0.25, 0.3) is 10.9 Å². The van der Waals surface area contributed by atoms with Crippen molar-refractivity contribution in [3.63, 3.8) is 0 Å². The first-order valence-electron chi connectivity index (χ1n) is 5.09. The van der Waals surface area contributed by atoms with Gasteiger partial charge in [0.05, 0.1) is 5.30 Å². The Morgan fingerprint density at radius 1 is 1.47 bits per heavy atom. The van der Waals surface area contributed by atoms with Gasteiger partial charge in [0.15, 0.2) is 14.6 Å². The van der Waals surface area contributed by atoms with Gasteiger partial charge in [-0.2, -0.15) is 0 Å². The Bertz CT molecular complexity index is 627. The van der Waals surface area contributed by atoms with Gasteiger partial charge in [-0.1, -0.05) is 22.9 Å². The quantitative estimate of drug-likeness (QED) is 0.565. The van der Waals surface area contributed by atoms with Gasteiger partial charge in [0, 0.05) is 17.6 Å². The first-order valence-corrected chi connectivity index (χ1v) is 6.63. The molecule has 0 fully saturated rings. The SMILES string of the molecule is COP(=O)([O-])c1c[n+](C)nc2c(C)cccc12. The maximum Gasteiger partial charge on any atom is 0.208 e. The third kappa shape index (κ3) is 2.09. The lowest BCUT2D eigenvalue weighted by Gasteiger charge is -2.20. The molecule has 0 spiro atoms. The van der Waals surface area contributed by atoms with E-state index in [1.54, 1.807) is 19.2 Å². The maximum absolute atomic E-state index is 11.8. The van der Waals surface area contributed by atoms with Crippen molar-refractivity contribution >= 4 is 23.8 Å². The fourth-order valence-corrected chi connectivity index (χ4v) is 2.73. The Balaban J connectivity index is 2.89. The summed E-state index contributed by atoms with van der Waals surface area (Å²) in [6, 6.07) is 5.42. The summed E-state index contributed by atoms with van der Waals surface area (Å²) in [6.45, 7) is 1.89. The lowest BCUT2D eigenvalue weighted by molar-refractivity contribution is -0.727. The molecule has 0 N–H and O–H groups in total. The molecule has 1 atom stereocenters. The highest BCUT2D eigenvalue weighted by Gasteiger charge is 2.20. The number of aromatic nitrogens is 2. The monoisotopic (exact) mass is 252 g/mol. The van der Waals surface area contributed by atoms with Gasteiger partial charge in [-0.15, -0.1) is 0 Å². The highest BCUT2D eigenvalue weighted by molar-refractivity contribution is 7.60. The van der Waals surface area contributed by atoms with Gasteiger partial charge in [0.1, 0.15) is 5.52 Å². The van der Waals surface area contributed by atoms with Crippen molar-refractivity contribution in [3.05, 3.63) is 30.0 Å². The van der Waals surface area contributed by atoms with Crippen LogP contribution in [0.2, 0.25) is 0 Å². The van der Waals surface area contributed by atoms with Gasteiger partial charge in [0.2, 0.25) is 6.20 Å². The van der Waals surface area contributed by atoms with E-state index in [4.69, 9.17) is 0 Å². The summed E-state index contributed by atoms with van der Waals surface area (Å²) in [5.74, 6) is 0. The van der Waals surface area contributed by atoms with Crippen LogP contribution >= 0.6 is 7.60 Å². The Morgan fingerprint density at radius 2 is 2.18 bits per heavy atom. The number of aryl methyl sites for hydroxylation is 2. The molecule has 2 aromatic rings. The summed E-state index contributed by atoms with van der Waals surface area (Å²) in [4.78, 5) is 11.8. The lowest BCUT2D eigenvalue weighted by atomic mass is 10.1. The Labute approximate surface area is 99.2 Å². The molecule has 0 aliphatic heterocycles. The molecular weight excluding hydrogens is 239 g/mol. The van der Waals surface area contributed by atoms with E-state index in [1.165, 1.54) is 10.9 Å². The zero-order valence-electron chi connectivity index (χ0n) is 9.88. The number of nitrogens with zero attached hydrogens (tertiary/aromatic N) is 2. The van der Waals surface area contributed by atoms with Crippen molar-refractivity contribution < 1.29 is 18.7 Å². The van der Waals surface area contributed by atoms with Crippen LogP contribution in [0.5, 0.6) is 0 Å². The van der Waals surface area contributed by atoms with Crippen molar-refractivity contribution in [1.29, 1.82) is 0 Å². The van der Waals surface area contributed by atoms with E-state index in [-0.39, 0.29) is 5.30 Å². The molecule has 1 aromatic carbocycles. The first-order chi connectivity index (χ1) is 7.95. The fraction of sp³-hybridized carbons (Fsp3) is 0.273. The van der Waals surface area contributed by atoms with Gasteiger partial charge in [0.25, 0.3) is 0 Å². The number of benzene rings is 1. The lowest BCUT2D eigenvalue weighted by Crippen LogP contribution is -2.38. The Hall–Kier alpha value is -1.29. The molecule has 1 aromatic heterocycles. The van der Waals surface area contributed by atoms with E-state index < -0.39 is 7.60 Å². The molecule has 0 saturated carbocycles. The van der Waals surface area contributed by atoms with E-state index in [0.29, 0.717) is 10.9 Å². The Kier molecular flexibility index (Phi) is 3.00. The minimum atomic E-state index is -4.03. The van der Waals surface area contributed by atoms with Gasteiger partial charge >= 0.3 is 0 Å². The molecule has 1 unspecified atom stereocenters. The molecule has 90 valence electrons. The second-order valence-corrected chi connectivity index (χ2v) is 5.68. The van der Waals surface area contributed by atoms with Crippen molar-refractivity contribution in [2.75, 3.05) is 7.11 Å². The fourth-order valence-electron chi connectivity index (χ4n) is 1.75. The summed E-state index contributed by atoms with van der Waals surface area (Å²) >= 11 is 0. The molecule has 0 bridgehead atoms. The molecule has 0 amide bonds. The average Bonchev–Trinajstić information content (AvgIpc) is 2.29. The third-order valence-electron chi connectivity index (χ3n) is 2.62. The number of fused-ring (bicyclic) bond motifs is 1. The van der Waals surface area contributed by atoms with Crippen LogP contribution in [-0.2, 0) is 16.1 Å². The van der Waals surface area contributed by atoms with E-state index in [9.17, 15) is 9.46 Å². The van der Waals surface area contributed by atoms with E-state index in [2.05, 4.69) is 9.62 Å². The molecule has 17 heavy (non-hydrogen) atoms. The minimum Gasteiger partial charge on any atom is -0.775 e. The number of rotatable bonds is 2. The molecule has 5 nitrogen and oxygen atoms in total. The van der Waals surface area contributed by atoms with Crippen molar-refractivity contribution in [2.45, 2.75) is 6.92 Å². The first kappa shape index (κ1) is 12.2. The summed E-state index contributed by atoms with van der Waals surface area (Å²) in [5, 5.41) is 5.03. The molecule has 0 aliphatic rings. The predicted molar refractivity (Wildman–Crippen MR) is 61.9 cm³/mol. The van der Waals surface area contributed by atoms with Crippen LogP contribution in [0.3, 0.4) is 0 Å². The number of hydrogen-bond donors (Lipinski definition) is 0. The van der Waals surface area contributed by atoms with E-state index >= 15 is 0 Å². The highest BCUT2D eigenvalue weighted by atomic mass is 31.2. The van der Waals surface area contributed by atoms with Crippen LogP contribution in [0, 0.1) is 6.92 Å². The smallest absolute Gasteiger partial charge is 0.208 e. The standard InChI is InChI=1S/C11H13N2O3P/c1-8-5-4-6-9-10(17(14,15)16-3)7-13(2)12-11(8)9/h4-7H,1-3H3. The van der Waals surface area contributed by atoms with E-state index in [0.717, 1.165) is 12.7 Å². The van der Waals surface area contributed by atoms with Gasteiger partial charge in [-0.25, -0.2) is 0 Å². The predicted octanol–water partition coefficient (Wildman–Crippen LogP) is 0.193. The number of hydrogen-bond acceptors (Lipinski definition) is 4. The normalized spacial score (nSPS) is 14.8. The van der Waals surface area contributed by atoms with Crippen molar-refractivity contribution in [3.8, 4) is 0 Å². The van der Waals surface area contributed by atoms with Crippen molar-refractivity contribution in [1.82, 2.24) is 5.10 Å². The van der Waals surface area contributed by atoms with Crippen LogP contribution < -0.4 is 14.9 Å². The molecule has 1 heterocycles. The molecule has 2 rings (SSSR count). The summed E-state index contributed by atoms with van der Waals surface area (Å²) in [5.41, 5.74) is 1.59. The summed E-state index contributed by atoms with van der Waals surface area (Å²) < 4.78 is 17.9. The van der Waals surface area contributed by atoms with Crippen LogP contribution in [0.15, 0.2) is 24.4 Å². The summed E-state index contributed by atoms with van der Waals surface area (Å²) in [7, 11) is -1.18. The van der Waals surface area contributed by atoms with Crippen LogP contribution in [-0.4, -0.2) is 12.2 Å². The van der Waals surface area contributed by atoms with Gasteiger partial charge < -0.3 is 14.0 Å². The highest BCUT2D eigenvalue weighted by Crippen LogP contribution is 2.36. The van der Waals surface area contributed by atoms with Crippen LogP contribution in [0.4, 0.5) is 0 Å². The second-order valence-electron chi connectivity index (χ2n) is 3.84. The Morgan fingerprint density at radius 3 is 2.82 bits per heavy atom. The third-order valence-corrected chi connectivity index (χ3v) is 4.04. The molecule has 0 saturated heterocycles. The zero-order valence-corrected chi connectivity index (χ0v) is 10.8.